The van der Waals surface area contributed by atoms with Crippen LogP contribution in [0.5, 0.6) is 0 Å². The number of hydrogen-bond acceptors (Lipinski definition) is 6. The van der Waals surface area contributed by atoms with Crippen LogP contribution in [0.25, 0.3) is 0 Å². The maximum absolute atomic E-state index is 13.6. The fourth-order valence-corrected chi connectivity index (χ4v) is 4.35. The Kier molecular flexibility index (Phi) is 7.18. The zero-order valence-electron chi connectivity index (χ0n) is 18.8. The first-order chi connectivity index (χ1) is 16.7. The summed E-state index contributed by atoms with van der Waals surface area (Å²) in [4.78, 5) is 21.3. The van der Waals surface area contributed by atoms with E-state index in [1.165, 1.54) is 24.8 Å². The molecular weight excluding hydrogens is 468 g/mol. The van der Waals surface area contributed by atoms with Crippen molar-refractivity contribution in [2.75, 3.05) is 19.0 Å². The minimum atomic E-state index is -4.80. The van der Waals surface area contributed by atoms with Crippen LogP contribution >= 0.6 is 0 Å². The molecule has 1 saturated carbocycles. The van der Waals surface area contributed by atoms with Gasteiger partial charge in [0.25, 0.3) is 0 Å². The molecule has 1 aromatic carbocycles. The number of ether oxygens (including phenoxy) is 1. The number of halogens is 4. The van der Waals surface area contributed by atoms with Crippen LogP contribution in [0.3, 0.4) is 0 Å². The lowest BCUT2D eigenvalue weighted by atomic mass is 10.1. The summed E-state index contributed by atoms with van der Waals surface area (Å²) in [5.41, 5.74) is -0.565. The second kappa shape index (κ2) is 10.1. The zero-order chi connectivity index (χ0) is 25.2. The average molecular weight is 492 g/mol. The van der Waals surface area contributed by atoms with E-state index in [1.54, 1.807) is 23.9 Å². The highest BCUT2D eigenvalue weighted by atomic mass is 19.4. The maximum atomic E-state index is 13.6. The van der Waals surface area contributed by atoms with Crippen molar-refractivity contribution in [1.82, 2.24) is 14.5 Å². The molecule has 4 rings (SSSR count). The van der Waals surface area contributed by atoms with Crippen LogP contribution in [0.15, 0.2) is 49.2 Å². The van der Waals surface area contributed by atoms with Gasteiger partial charge in [-0.25, -0.2) is 14.4 Å². The van der Waals surface area contributed by atoms with Crippen molar-refractivity contribution in [3.8, 4) is 0 Å². The molecule has 2 N–H and O–H groups in total. The van der Waals surface area contributed by atoms with Crippen molar-refractivity contribution in [2.24, 2.45) is 5.92 Å². The Morgan fingerprint density at radius 1 is 1.29 bits per heavy atom. The molecule has 1 aliphatic rings. The number of nitrogens with one attached hydrogen (secondary N) is 1. The second-order valence-corrected chi connectivity index (χ2v) is 8.59. The summed E-state index contributed by atoms with van der Waals surface area (Å²) in [5, 5.41) is 13.4. The number of aromatic nitrogens is 3. The summed E-state index contributed by atoms with van der Waals surface area (Å²) >= 11 is 0. The molecule has 1 aliphatic carbocycles. The number of ketones is 1. The number of anilines is 1. The molecule has 7 nitrogen and oxygen atoms in total. The molecule has 186 valence electrons. The molecule has 1 fully saturated rings. The van der Waals surface area contributed by atoms with Crippen LogP contribution in [0.1, 0.15) is 39.9 Å². The summed E-state index contributed by atoms with van der Waals surface area (Å²) in [7, 11) is 1.58. The number of aliphatic hydroxyl groups is 1. The first-order valence-electron chi connectivity index (χ1n) is 11.0. The van der Waals surface area contributed by atoms with Gasteiger partial charge in [0.2, 0.25) is 0 Å². The first kappa shape index (κ1) is 24.8. The van der Waals surface area contributed by atoms with Crippen molar-refractivity contribution < 1.29 is 32.2 Å². The lowest BCUT2D eigenvalue weighted by molar-refractivity contribution is -0.140. The summed E-state index contributed by atoms with van der Waals surface area (Å²) in [6, 6.07) is 4.26. The number of alkyl halides is 3. The van der Waals surface area contributed by atoms with Gasteiger partial charge in [0.15, 0.2) is 5.78 Å². The van der Waals surface area contributed by atoms with Crippen LogP contribution < -0.4 is 5.32 Å². The highest BCUT2D eigenvalue weighted by Gasteiger charge is 2.35. The molecule has 0 bridgehead atoms. The van der Waals surface area contributed by atoms with Crippen LogP contribution in [0.4, 0.5) is 23.4 Å². The second-order valence-electron chi connectivity index (χ2n) is 8.59. The number of hydrogen-bond donors (Lipinski definition) is 2. The molecule has 0 aliphatic heterocycles. The average Bonchev–Trinajstić information content (AvgIpc) is 3.41. The van der Waals surface area contributed by atoms with Crippen molar-refractivity contribution in [3.63, 3.8) is 0 Å². The lowest BCUT2D eigenvalue weighted by Gasteiger charge is -2.15. The number of nitrogens with zero attached hydrogens (tertiary/aromatic N) is 3. The molecule has 0 spiro atoms. The van der Waals surface area contributed by atoms with E-state index in [0.29, 0.717) is 30.8 Å². The van der Waals surface area contributed by atoms with E-state index in [9.17, 15) is 27.5 Å². The maximum Gasteiger partial charge on any atom is 0.419 e. The Bertz CT molecular complexity index is 1200. The fraction of sp³-hybridized carbons (Fsp3) is 0.375. The van der Waals surface area contributed by atoms with Crippen LogP contribution in [-0.4, -0.2) is 51.3 Å². The molecule has 2 heterocycles. The van der Waals surface area contributed by atoms with Gasteiger partial charge in [-0.05, 0) is 36.6 Å². The summed E-state index contributed by atoms with van der Waals surface area (Å²) < 4.78 is 59.2. The monoisotopic (exact) mass is 492 g/mol. The van der Waals surface area contributed by atoms with Gasteiger partial charge in [0.1, 0.15) is 18.0 Å². The smallest absolute Gasteiger partial charge is 0.393 e. The van der Waals surface area contributed by atoms with Gasteiger partial charge in [0, 0.05) is 49.8 Å². The highest BCUT2D eigenvalue weighted by Crippen LogP contribution is 2.32. The third kappa shape index (κ3) is 5.68. The number of benzene rings is 1. The molecule has 0 saturated heterocycles. The number of carbonyl (C=O) groups is 1. The normalized spacial score (nSPS) is 20.2. The van der Waals surface area contributed by atoms with Crippen LogP contribution in [0.2, 0.25) is 0 Å². The molecule has 0 unspecified atom stereocenters. The van der Waals surface area contributed by atoms with Gasteiger partial charge >= 0.3 is 6.18 Å². The van der Waals surface area contributed by atoms with Crippen molar-refractivity contribution >= 4 is 11.6 Å². The third-order valence-electron chi connectivity index (χ3n) is 6.05. The third-order valence-corrected chi connectivity index (χ3v) is 6.05. The van der Waals surface area contributed by atoms with E-state index in [2.05, 4.69) is 15.3 Å². The summed E-state index contributed by atoms with van der Waals surface area (Å²) in [5.74, 6) is -1.39. The Morgan fingerprint density at radius 3 is 2.83 bits per heavy atom. The van der Waals surface area contributed by atoms with E-state index in [0.717, 1.165) is 12.1 Å². The topological polar surface area (TPSA) is 89.3 Å². The SMILES string of the molecule is COC[C@H]1C[C@@H](Nc2ncncc2C(=O)c2ccn(Cc3ccc(F)c(C(F)(F)F)c3)c2)C[C@@H]1O. The van der Waals surface area contributed by atoms with Crippen molar-refractivity contribution in [2.45, 2.75) is 37.7 Å². The Morgan fingerprint density at radius 2 is 2.09 bits per heavy atom. The van der Waals surface area contributed by atoms with Crippen molar-refractivity contribution in [1.29, 1.82) is 0 Å². The Balaban J connectivity index is 1.49. The molecule has 0 amide bonds. The molecule has 11 heteroatoms. The fourth-order valence-electron chi connectivity index (χ4n) is 4.35. The van der Waals surface area contributed by atoms with Crippen LogP contribution in [0, 0.1) is 11.7 Å². The first-order valence-corrected chi connectivity index (χ1v) is 11.0. The molecule has 0 radical (unpaired) electrons. The van der Waals surface area contributed by atoms with Crippen molar-refractivity contribution in [3.05, 3.63) is 77.3 Å². The van der Waals surface area contributed by atoms with Gasteiger partial charge in [-0.1, -0.05) is 6.07 Å². The summed E-state index contributed by atoms with van der Waals surface area (Å²) in [6.45, 7) is 0.453. The van der Waals surface area contributed by atoms with Gasteiger partial charge in [-0.2, -0.15) is 13.2 Å². The highest BCUT2D eigenvalue weighted by molar-refractivity contribution is 6.11. The zero-order valence-corrected chi connectivity index (χ0v) is 18.8. The molecule has 35 heavy (non-hydrogen) atoms. The van der Waals surface area contributed by atoms with Gasteiger partial charge < -0.3 is 19.7 Å². The quantitative estimate of drug-likeness (QED) is 0.366. The van der Waals surface area contributed by atoms with Gasteiger partial charge in [-0.3, -0.25) is 4.79 Å². The molecule has 2 aromatic heterocycles. The largest absolute Gasteiger partial charge is 0.419 e. The van der Waals surface area contributed by atoms with E-state index < -0.39 is 23.7 Å². The predicted octanol–water partition coefficient (Wildman–Crippen LogP) is 3.91. The standard InChI is InChI=1S/C24H24F4N4O3/c1-35-12-16-7-17(8-21(16)33)31-23-18(9-29-13-30-23)22(34)15-4-5-32(11-15)10-14-2-3-20(25)19(6-14)24(26,27)28/h2-6,9,11,13,16-17,21,33H,7-8,10,12H2,1H3,(H,29,30,31)/t16-,17-,21+/m1/s1. The Labute approximate surface area is 198 Å². The van der Waals surface area contributed by atoms with Gasteiger partial charge in [-0.15, -0.1) is 0 Å². The number of rotatable bonds is 8. The number of carbonyl (C=O) groups excluding carboxylic acids is 1. The minimum Gasteiger partial charge on any atom is -0.393 e. The molecular formula is C24H24F4N4O3. The van der Waals surface area contributed by atoms with E-state index in [4.69, 9.17) is 4.74 Å². The van der Waals surface area contributed by atoms with Crippen LogP contribution in [-0.2, 0) is 17.5 Å². The predicted molar refractivity (Wildman–Crippen MR) is 118 cm³/mol. The van der Waals surface area contributed by atoms with E-state index in [-0.39, 0.29) is 35.4 Å². The minimum absolute atomic E-state index is 0.0168. The van der Waals surface area contributed by atoms with E-state index >= 15 is 0 Å². The number of aliphatic hydroxyl groups excluding tert-OH is 1. The summed E-state index contributed by atoms with van der Waals surface area (Å²) in [6.07, 6.45) is 1.59. The van der Waals surface area contributed by atoms with Gasteiger partial charge in [0.05, 0.1) is 23.8 Å². The van der Waals surface area contributed by atoms with E-state index in [1.807, 2.05) is 0 Å². The lowest BCUT2D eigenvalue weighted by Crippen LogP contribution is -2.20. The molecule has 3 aromatic rings. The Hall–Kier alpha value is -3.31. The molecule has 3 atom stereocenters. The number of methoxy groups -OCH3 is 1.